The van der Waals surface area contributed by atoms with Crippen molar-refractivity contribution in [2.24, 2.45) is 0 Å². The number of aromatic nitrogens is 2. The van der Waals surface area contributed by atoms with Crippen LogP contribution in [0.25, 0.3) is 11.5 Å². The van der Waals surface area contributed by atoms with Crippen molar-refractivity contribution in [2.75, 3.05) is 0 Å². The molecule has 1 aromatic carbocycles. The van der Waals surface area contributed by atoms with Crippen molar-refractivity contribution in [1.29, 1.82) is 0 Å². The molecular formula is C15H21N3O2. The molecule has 20 heavy (non-hydrogen) atoms. The normalized spacial score (nSPS) is 12.7. The predicted octanol–water partition coefficient (Wildman–Crippen LogP) is 2.38. The van der Waals surface area contributed by atoms with Crippen molar-refractivity contribution in [2.45, 2.75) is 45.4 Å². The molecule has 1 heterocycles. The number of hydrogen-bond donors (Lipinski definition) is 2. The molecule has 0 unspecified atom stereocenters. The Morgan fingerprint density at radius 1 is 1.10 bits per heavy atom. The van der Waals surface area contributed by atoms with Gasteiger partial charge in [-0.05, 0) is 39.8 Å². The van der Waals surface area contributed by atoms with E-state index in [2.05, 4.69) is 15.5 Å². The van der Waals surface area contributed by atoms with Gasteiger partial charge in [0.1, 0.15) is 0 Å². The van der Waals surface area contributed by atoms with Crippen LogP contribution >= 0.6 is 0 Å². The Morgan fingerprint density at radius 2 is 1.75 bits per heavy atom. The summed E-state index contributed by atoms with van der Waals surface area (Å²) >= 11 is 0. The van der Waals surface area contributed by atoms with Gasteiger partial charge in [0.15, 0.2) is 0 Å². The molecule has 5 heteroatoms. The van der Waals surface area contributed by atoms with Gasteiger partial charge in [0.25, 0.3) is 0 Å². The van der Waals surface area contributed by atoms with Gasteiger partial charge in [-0.1, -0.05) is 18.2 Å². The van der Waals surface area contributed by atoms with E-state index in [4.69, 9.17) is 4.42 Å². The Kier molecular flexibility index (Phi) is 3.92. The second-order valence-corrected chi connectivity index (χ2v) is 5.90. The Bertz CT molecular complexity index is 556. The van der Waals surface area contributed by atoms with Gasteiger partial charge in [0.2, 0.25) is 11.8 Å². The highest BCUT2D eigenvalue weighted by molar-refractivity contribution is 5.51. The van der Waals surface area contributed by atoms with Gasteiger partial charge in [-0.3, -0.25) is 0 Å². The average Bonchev–Trinajstić information content (AvgIpc) is 2.85. The number of aliphatic hydroxyl groups is 1. The molecule has 1 aromatic heterocycles. The highest BCUT2D eigenvalue weighted by Gasteiger charge is 2.34. The van der Waals surface area contributed by atoms with Crippen molar-refractivity contribution in [3.05, 3.63) is 36.2 Å². The van der Waals surface area contributed by atoms with E-state index in [0.29, 0.717) is 18.3 Å². The van der Waals surface area contributed by atoms with Gasteiger partial charge in [-0.25, -0.2) is 0 Å². The van der Waals surface area contributed by atoms with Crippen LogP contribution in [-0.4, -0.2) is 26.4 Å². The fourth-order valence-corrected chi connectivity index (χ4v) is 1.54. The van der Waals surface area contributed by atoms with Crippen LogP contribution in [0, 0.1) is 0 Å². The fourth-order valence-electron chi connectivity index (χ4n) is 1.54. The smallest absolute Gasteiger partial charge is 0.247 e. The van der Waals surface area contributed by atoms with Crippen LogP contribution in [0.15, 0.2) is 34.7 Å². The molecule has 2 N–H and O–H groups in total. The van der Waals surface area contributed by atoms with Gasteiger partial charge in [-0.15, -0.1) is 10.2 Å². The SMILES string of the molecule is CC(C)(O)C(C)(C)NCc1nnc(-c2ccccc2)o1. The van der Waals surface area contributed by atoms with Crippen LogP contribution in [0.3, 0.4) is 0 Å². The van der Waals surface area contributed by atoms with Crippen LogP contribution in [0.1, 0.15) is 33.6 Å². The molecule has 0 atom stereocenters. The summed E-state index contributed by atoms with van der Waals surface area (Å²) in [4.78, 5) is 0. The minimum absolute atomic E-state index is 0.414. The number of benzene rings is 1. The highest BCUT2D eigenvalue weighted by Crippen LogP contribution is 2.22. The van der Waals surface area contributed by atoms with Gasteiger partial charge >= 0.3 is 0 Å². The zero-order chi connectivity index (χ0) is 14.8. The largest absolute Gasteiger partial charge is 0.419 e. The first-order valence-electron chi connectivity index (χ1n) is 6.65. The van der Waals surface area contributed by atoms with Crippen molar-refractivity contribution in [3.63, 3.8) is 0 Å². The number of nitrogens with zero attached hydrogens (tertiary/aromatic N) is 2. The molecule has 0 aliphatic heterocycles. The van der Waals surface area contributed by atoms with E-state index >= 15 is 0 Å². The zero-order valence-corrected chi connectivity index (χ0v) is 12.3. The Labute approximate surface area is 119 Å². The van der Waals surface area contributed by atoms with E-state index < -0.39 is 11.1 Å². The molecule has 0 fully saturated rings. The van der Waals surface area contributed by atoms with E-state index in [0.717, 1.165) is 5.56 Å². The summed E-state index contributed by atoms with van der Waals surface area (Å²) in [6.45, 7) is 7.81. The maximum Gasteiger partial charge on any atom is 0.247 e. The van der Waals surface area contributed by atoms with Crippen LogP contribution in [-0.2, 0) is 6.54 Å². The van der Waals surface area contributed by atoms with Crippen molar-refractivity contribution in [3.8, 4) is 11.5 Å². The minimum atomic E-state index is -0.852. The quantitative estimate of drug-likeness (QED) is 0.876. The summed E-state index contributed by atoms with van der Waals surface area (Å²) in [5.74, 6) is 1.00. The van der Waals surface area contributed by atoms with Crippen LogP contribution < -0.4 is 5.32 Å². The third-order valence-electron chi connectivity index (χ3n) is 3.70. The highest BCUT2D eigenvalue weighted by atomic mass is 16.4. The predicted molar refractivity (Wildman–Crippen MR) is 77.0 cm³/mol. The Hall–Kier alpha value is -1.72. The first-order valence-corrected chi connectivity index (χ1v) is 6.65. The molecule has 0 saturated heterocycles. The second-order valence-electron chi connectivity index (χ2n) is 5.90. The minimum Gasteiger partial charge on any atom is -0.419 e. The maximum absolute atomic E-state index is 10.1. The molecule has 0 amide bonds. The number of hydrogen-bond acceptors (Lipinski definition) is 5. The fraction of sp³-hybridized carbons (Fsp3) is 0.467. The standard InChI is InChI=1S/C15H21N3O2/c1-14(2,15(3,4)19)16-10-12-17-18-13(20-12)11-8-6-5-7-9-11/h5-9,16,19H,10H2,1-4H3. The van der Waals surface area contributed by atoms with Gasteiger partial charge in [0.05, 0.1) is 12.1 Å². The monoisotopic (exact) mass is 275 g/mol. The maximum atomic E-state index is 10.1. The molecule has 0 radical (unpaired) electrons. The zero-order valence-electron chi connectivity index (χ0n) is 12.3. The van der Waals surface area contributed by atoms with E-state index in [1.165, 1.54) is 0 Å². The molecule has 0 aliphatic carbocycles. The summed E-state index contributed by atoms with van der Waals surface area (Å²) in [6.07, 6.45) is 0. The van der Waals surface area contributed by atoms with Gasteiger partial charge < -0.3 is 14.8 Å². The van der Waals surface area contributed by atoms with Gasteiger partial charge in [-0.2, -0.15) is 0 Å². The van der Waals surface area contributed by atoms with E-state index in [1.54, 1.807) is 13.8 Å². The van der Waals surface area contributed by atoms with Crippen molar-refractivity contribution in [1.82, 2.24) is 15.5 Å². The molecule has 0 spiro atoms. The average molecular weight is 275 g/mol. The van der Waals surface area contributed by atoms with E-state index in [1.807, 2.05) is 44.2 Å². The summed E-state index contributed by atoms with van der Waals surface area (Å²) in [6, 6.07) is 9.63. The molecular weight excluding hydrogens is 254 g/mol. The summed E-state index contributed by atoms with van der Waals surface area (Å²) in [5, 5.41) is 21.4. The second kappa shape index (κ2) is 5.34. The molecule has 0 bridgehead atoms. The summed E-state index contributed by atoms with van der Waals surface area (Å²) in [7, 11) is 0. The molecule has 2 aromatic rings. The Morgan fingerprint density at radius 3 is 2.35 bits per heavy atom. The summed E-state index contributed by atoms with van der Waals surface area (Å²) < 4.78 is 5.61. The van der Waals surface area contributed by atoms with Crippen molar-refractivity contribution < 1.29 is 9.52 Å². The first kappa shape index (κ1) is 14.7. The van der Waals surface area contributed by atoms with Crippen LogP contribution in [0.5, 0.6) is 0 Å². The lowest BCUT2D eigenvalue weighted by atomic mass is 9.86. The third-order valence-corrected chi connectivity index (χ3v) is 3.70. The topological polar surface area (TPSA) is 71.2 Å². The summed E-state index contributed by atoms with van der Waals surface area (Å²) in [5.41, 5.74) is -0.420. The molecule has 0 saturated carbocycles. The molecule has 0 aliphatic rings. The third kappa shape index (κ3) is 3.23. The lowest BCUT2D eigenvalue weighted by Crippen LogP contribution is -2.55. The number of nitrogens with one attached hydrogen (secondary N) is 1. The molecule has 108 valence electrons. The Balaban J connectivity index is 2.04. The number of rotatable bonds is 5. The lowest BCUT2D eigenvalue weighted by molar-refractivity contribution is -0.00619. The van der Waals surface area contributed by atoms with E-state index in [-0.39, 0.29) is 0 Å². The van der Waals surface area contributed by atoms with Crippen LogP contribution in [0.2, 0.25) is 0 Å². The molecule has 5 nitrogen and oxygen atoms in total. The van der Waals surface area contributed by atoms with Gasteiger partial charge in [0, 0.05) is 11.1 Å². The lowest BCUT2D eigenvalue weighted by Gasteiger charge is -2.37. The molecule has 2 rings (SSSR count). The first-order chi connectivity index (χ1) is 9.29. The van der Waals surface area contributed by atoms with Crippen LogP contribution in [0.4, 0.5) is 0 Å². The van der Waals surface area contributed by atoms with Crippen molar-refractivity contribution >= 4 is 0 Å². The van der Waals surface area contributed by atoms with E-state index in [9.17, 15) is 5.11 Å².